The molecular formula is C20H35IN4O. The second-order valence-corrected chi connectivity index (χ2v) is 7.12. The lowest BCUT2D eigenvalue weighted by molar-refractivity contribution is 0.0672. The van der Waals surface area contributed by atoms with Crippen LogP contribution in [0.1, 0.15) is 39.2 Å². The molecule has 2 unspecified atom stereocenters. The maximum Gasteiger partial charge on any atom is 0.191 e. The highest BCUT2D eigenvalue weighted by Gasteiger charge is 2.23. The molecular weight excluding hydrogens is 439 g/mol. The van der Waals surface area contributed by atoms with Gasteiger partial charge in [0.05, 0.1) is 6.54 Å². The van der Waals surface area contributed by atoms with Crippen molar-refractivity contribution in [2.45, 2.75) is 39.2 Å². The van der Waals surface area contributed by atoms with E-state index in [-0.39, 0.29) is 24.0 Å². The summed E-state index contributed by atoms with van der Waals surface area (Å²) < 4.78 is 0. The SMILES string of the molecule is CCNC(=NCC(C)(O)c1ccccc1)NCC1CCCN(CC)C1.I. The van der Waals surface area contributed by atoms with Crippen LogP contribution >= 0.6 is 24.0 Å². The van der Waals surface area contributed by atoms with Crippen molar-refractivity contribution in [2.24, 2.45) is 10.9 Å². The maximum absolute atomic E-state index is 10.7. The first-order valence-electron chi connectivity index (χ1n) is 9.57. The Kier molecular flexibility index (Phi) is 10.5. The van der Waals surface area contributed by atoms with Crippen LogP contribution < -0.4 is 10.6 Å². The number of benzene rings is 1. The number of nitrogens with zero attached hydrogens (tertiary/aromatic N) is 2. The minimum absolute atomic E-state index is 0. The Labute approximate surface area is 175 Å². The van der Waals surface area contributed by atoms with Crippen molar-refractivity contribution in [1.29, 1.82) is 0 Å². The van der Waals surface area contributed by atoms with Gasteiger partial charge in [-0.05, 0) is 51.3 Å². The number of halogens is 1. The van der Waals surface area contributed by atoms with Crippen LogP contribution in [0.3, 0.4) is 0 Å². The van der Waals surface area contributed by atoms with Crippen LogP contribution in [0, 0.1) is 5.92 Å². The van der Waals surface area contributed by atoms with Crippen molar-refractivity contribution >= 4 is 29.9 Å². The zero-order valence-corrected chi connectivity index (χ0v) is 18.7. The largest absolute Gasteiger partial charge is 0.384 e. The molecule has 2 atom stereocenters. The van der Waals surface area contributed by atoms with Gasteiger partial charge in [0.15, 0.2) is 5.96 Å². The minimum Gasteiger partial charge on any atom is -0.384 e. The third kappa shape index (κ3) is 7.40. The van der Waals surface area contributed by atoms with E-state index in [2.05, 4.69) is 34.4 Å². The summed E-state index contributed by atoms with van der Waals surface area (Å²) in [6.07, 6.45) is 2.54. The molecule has 0 amide bonds. The van der Waals surface area contributed by atoms with Gasteiger partial charge in [-0.15, -0.1) is 24.0 Å². The molecule has 0 saturated carbocycles. The first-order chi connectivity index (χ1) is 12.0. The van der Waals surface area contributed by atoms with E-state index in [1.54, 1.807) is 0 Å². The van der Waals surface area contributed by atoms with Crippen LogP contribution in [-0.2, 0) is 5.60 Å². The number of nitrogens with one attached hydrogen (secondary N) is 2. The van der Waals surface area contributed by atoms with Crippen molar-refractivity contribution in [3.05, 3.63) is 35.9 Å². The van der Waals surface area contributed by atoms with Crippen molar-refractivity contribution in [3.8, 4) is 0 Å². The van der Waals surface area contributed by atoms with Crippen LogP contribution in [0.25, 0.3) is 0 Å². The summed E-state index contributed by atoms with van der Waals surface area (Å²) in [5.74, 6) is 1.44. The fourth-order valence-electron chi connectivity index (χ4n) is 3.31. The van der Waals surface area contributed by atoms with Crippen LogP contribution in [-0.4, -0.2) is 55.2 Å². The first kappa shape index (κ1) is 23.2. The number of hydrogen-bond acceptors (Lipinski definition) is 3. The van der Waals surface area contributed by atoms with Crippen molar-refractivity contribution in [2.75, 3.05) is 39.3 Å². The van der Waals surface area contributed by atoms with E-state index in [4.69, 9.17) is 0 Å². The second-order valence-electron chi connectivity index (χ2n) is 7.12. The molecule has 2 rings (SSSR count). The monoisotopic (exact) mass is 474 g/mol. The lowest BCUT2D eigenvalue weighted by Gasteiger charge is -2.32. The number of hydrogen-bond donors (Lipinski definition) is 3. The zero-order valence-electron chi connectivity index (χ0n) is 16.4. The fourth-order valence-corrected chi connectivity index (χ4v) is 3.31. The molecule has 0 bridgehead atoms. The molecule has 1 fully saturated rings. The number of piperidine rings is 1. The van der Waals surface area contributed by atoms with Crippen molar-refractivity contribution < 1.29 is 5.11 Å². The maximum atomic E-state index is 10.7. The molecule has 0 spiro atoms. The number of guanidine groups is 1. The molecule has 1 aliphatic rings. The third-order valence-electron chi connectivity index (χ3n) is 4.89. The van der Waals surface area contributed by atoms with Crippen LogP contribution in [0.5, 0.6) is 0 Å². The standard InChI is InChI=1S/C20H34N4O.HI/c1-4-21-19(22-14-17-10-9-13-24(5-2)15-17)23-16-20(3,25)18-11-7-6-8-12-18;/h6-8,11-12,17,25H,4-5,9-10,13-16H2,1-3H3,(H2,21,22,23);1H. The Morgan fingerprint density at radius 1 is 1.27 bits per heavy atom. The summed E-state index contributed by atoms with van der Waals surface area (Å²) in [6, 6.07) is 9.73. The average Bonchev–Trinajstić information content (AvgIpc) is 2.65. The van der Waals surface area contributed by atoms with Gasteiger partial charge in [-0.2, -0.15) is 0 Å². The Morgan fingerprint density at radius 2 is 2.00 bits per heavy atom. The van der Waals surface area contributed by atoms with E-state index in [9.17, 15) is 5.11 Å². The van der Waals surface area contributed by atoms with E-state index in [0.29, 0.717) is 12.5 Å². The molecule has 1 saturated heterocycles. The number of aliphatic hydroxyl groups is 1. The quantitative estimate of drug-likeness (QED) is 0.323. The van der Waals surface area contributed by atoms with Gasteiger partial charge in [0.25, 0.3) is 0 Å². The topological polar surface area (TPSA) is 59.9 Å². The van der Waals surface area contributed by atoms with Crippen molar-refractivity contribution in [1.82, 2.24) is 15.5 Å². The van der Waals surface area contributed by atoms with Crippen LogP contribution in [0.4, 0.5) is 0 Å². The smallest absolute Gasteiger partial charge is 0.191 e. The minimum atomic E-state index is -0.965. The Balaban J connectivity index is 0.00000338. The summed E-state index contributed by atoms with van der Waals surface area (Å²) in [6.45, 7) is 11.7. The number of likely N-dealkylation sites (tertiary alicyclic amines) is 1. The summed E-state index contributed by atoms with van der Waals surface area (Å²) in [4.78, 5) is 7.13. The van der Waals surface area contributed by atoms with E-state index >= 15 is 0 Å². The summed E-state index contributed by atoms with van der Waals surface area (Å²) in [5, 5.41) is 17.5. The summed E-state index contributed by atoms with van der Waals surface area (Å²) in [5.41, 5.74) is -0.0755. The molecule has 0 aromatic heterocycles. The second kappa shape index (κ2) is 11.8. The van der Waals surface area contributed by atoms with Gasteiger partial charge in [-0.25, -0.2) is 4.99 Å². The number of rotatable bonds is 7. The summed E-state index contributed by atoms with van der Waals surface area (Å²) in [7, 11) is 0. The zero-order chi connectivity index (χ0) is 18.1. The van der Waals surface area contributed by atoms with Gasteiger partial charge < -0.3 is 20.6 Å². The van der Waals surface area contributed by atoms with Gasteiger partial charge in [0, 0.05) is 19.6 Å². The number of aliphatic imine (C=N–C) groups is 1. The Morgan fingerprint density at radius 3 is 2.65 bits per heavy atom. The molecule has 1 aromatic carbocycles. The Bertz CT molecular complexity index is 536. The van der Waals surface area contributed by atoms with Crippen LogP contribution in [0.2, 0.25) is 0 Å². The van der Waals surface area contributed by atoms with Crippen LogP contribution in [0.15, 0.2) is 35.3 Å². The normalized spacial score (nSPS) is 20.8. The molecule has 1 aliphatic heterocycles. The summed E-state index contributed by atoms with van der Waals surface area (Å²) >= 11 is 0. The van der Waals surface area contributed by atoms with Gasteiger partial charge in [0.2, 0.25) is 0 Å². The molecule has 1 aromatic rings. The molecule has 0 aliphatic carbocycles. The van der Waals surface area contributed by atoms with E-state index in [1.807, 2.05) is 37.3 Å². The van der Waals surface area contributed by atoms with Gasteiger partial charge in [-0.1, -0.05) is 37.3 Å². The van der Waals surface area contributed by atoms with E-state index < -0.39 is 5.60 Å². The molecule has 148 valence electrons. The van der Waals surface area contributed by atoms with Gasteiger partial charge in [0.1, 0.15) is 5.60 Å². The molecule has 5 nitrogen and oxygen atoms in total. The Hall–Kier alpha value is -0.860. The molecule has 6 heteroatoms. The predicted molar refractivity (Wildman–Crippen MR) is 120 cm³/mol. The van der Waals surface area contributed by atoms with Crippen molar-refractivity contribution in [3.63, 3.8) is 0 Å². The highest BCUT2D eigenvalue weighted by atomic mass is 127. The first-order valence-corrected chi connectivity index (χ1v) is 9.57. The molecule has 3 N–H and O–H groups in total. The average molecular weight is 474 g/mol. The molecule has 26 heavy (non-hydrogen) atoms. The van der Waals surface area contributed by atoms with E-state index in [0.717, 1.165) is 37.7 Å². The van der Waals surface area contributed by atoms with E-state index in [1.165, 1.54) is 19.4 Å². The molecule has 1 heterocycles. The highest BCUT2D eigenvalue weighted by Crippen LogP contribution is 2.20. The van der Waals surface area contributed by atoms with Gasteiger partial charge >= 0.3 is 0 Å². The predicted octanol–water partition coefficient (Wildman–Crippen LogP) is 2.80. The molecule has 0 radical (unpaired) electrons. The van der Waals surface area contributed by atoms with Gasteiger partial charge in [-0.3, -0.25) is 0 Å². The third-order valence-corrected chi connectivity index (χ3v) is 4.89. The highest BCUT2D eigenvalue weighted by molar-refractivity contribution is 14.0. The fraction of sp³-hybridized carbons (Fsp3) is 0.650. The lowest BCUT2D eigenvalue weighted by atomic mass is 9.96. The lowest BCUT2D eigenvalue weighted by Crippen LogP contribution is -2.44.